The molecule has 0 aromatic rings. The number of aliphatic hydroxyl groups is 1. The van der Waals surface area contributed by atoms with Crippen molar-refractivity contribution >= 4 is 0 Å². The topological polar surface area (TPSA) is 32.8 Å². The largest absolute Gasteiger partial charge is 0.390 e. The van der Waals surface area contributed by atoms with Gasteiger partial charge in [-0.2, -0.15) is 0 Å². The minimum Gasteiger partial charge on any atom is -0.390 e. The summed E-state index contributed by atoms with van der Waals surface area (Å²) < 4.78 is 6.12. The van der Waals surface area contributed by atoms with Crippen LogP contribution in [0.15, 0.2) is 0 Å². The van der Waals surface area contributed by atoms with Gasteiger partial charge in [-0.05, 0) is 91.8 Å². The van der Waals surface area contributed by atoms with Crippen molar-refractivity contribution in [2.24, 2.45) is 52.3 Å². The molecule has 0 amide bonds. The van der Waals surface area contributed by atoms with Gasteiger partial charge in [0.25, 0.3) is 0 Å². The average molecular weight is 403 g/mol. The third kappa shape index (κ3) is 3.09. The van der Waals surface area contributed by atoms with E-state index in [0.717, 1.165) is 41.9 Å². The van der Waals surface area contributed by atoms with Gasteiger partial charge in [0.05, 0.1) is 12.2 Å². The second-order valence-electron chi connectivity index (χ2n) is 12.9. The maximum absolute atomic E-state index is 10.4. The van der Waals surface area contributed by atoms with Crippen LogP contribution in [0.3, 0.4) is 0 Å². The van der Waals surface area contributed by atoms with Crippen LogP contribution in [-0.2, 0) is 4.74 Å². The number of aliphatic hydroxyl groups excluding tert-OH is 1. The first kappa shape index (κ1) is 20.8. The van der Waals surface area contributed by atoms with Crippen molar-refractivity contribution in [3.63, 3.8) is 0 Å². The highest BCUT2D eigenvalue weighted by Crippen LogP contribution is 2.70. The van der Waals surface area contributed by atoms with Gasteiger partial charge in [0.1, 0.15) is 6.10 Å². The first-order valence-corrected chi connectivity index (χ1v) is 13.1. The maximum Gasteiger partial charge on any atom is 0.111 e. The van der Waals surface area contributed by atoms with Crippen molar-refractivity contribution < 1.29 is 9.84 Å². The molecule has 2 nitrogen and oxygen atoms in total. The summed E-state index contributed by atoms with van der Waals surface area (Å²) in [6.45, 7) is 12.6. The molecule has 0 aromatic heterocycles. The molecule has 0 radical (unpaired) electrons. The van der Waals surface area contributed by atoms with E-state index < -0.39 is 0 Å². The van der Waals surface area contributed by atoms with Crippen molar-refractivity contribution in [3.05, 3.63) is 0 Å². The van der Waals surface area contributed by atoms with Crippen molar-refractivity contribution in [1.82, 2.24) is 0 Å². The molecule has 1 saturated heterocycles. The van der Waals surface area contributed by atoms with Gasteiger partial charge in [-0.1, -0.05) is 53.9 Å². The summed E-state index contributed by atoms with van der Waals surface area (Å²) in [7, 11) is 0. The standard InChI is InChI=1S/C27H46O2/c1-16(2)7-6-8-17(3)20-11-12-21-19-10-9-18-15-23(28)24-25(29-24)27(18,5)22(19)13-14-26(20,21)4/h16-25,28H,6-15H2,1-5H3/t17-,18?,19+,20-,21+,22+,23?,24+,25+,26-,27+/m1/s1. The van der Waals surface area contributed by atoms with Gasteiger partial charge in [0.2, 0.25) is 0 Å². The van der Waals surface area contributed by atoms with Gasteiger partial charge in [0.15, 0.2) is 0 Å². The summed E-state index contributed by atoms with van der Waals surface area (Å²) in [6, 6.07) is 0. The third-order valence-corrected chi connectivity index (χ3v) is 11.2. The van der Waals surface area contributed by atoms with E-state index in [2.05, 4.69) is 34.6 Å². The molecule has 4 saturated carbocycles. The number of fused-ring (bicyclic) bond motifs is 7. The lowest BCUT2D eigenvalue weighted by Crippen LogP contribution is -2.57. The molecule has 1 N–H and O–H groups in total. The summed E-state index contributed by atoms with van der Waals surface area (Å²) in [5, 5.41) is 10.4. The summed E-state index contributed by atoms with van der Waals surface area (Å²) in [4.78, 5) is 0. The molecule has 11 atom stereocenters. The third-order valence-electron chi connectivity index (χ3n) is 11.2. The minimum absolute atomic E-state index is 0.167. The normalized spacial score (nSPS) is 54.3. The average Bonchev–Trinajstić information content (AvgIpc) is 3.40. The van der Waals surface area contributed by atoms with E-state index in [-0.39, 0.29) is 12.2 Å². The molecule has 166 valence electrons. The molecule has 4 aliphatic carbocycles. The first-order valence-electron chi connectivity index (χ1n) is 13.1. The van der Waals surface area contributed by atoms with E-state index in [1.165, 1.54) is 57.8 Å². The Morgan fingerprint density at radius 1 is 0.966 bits per heavy atom. The molecule has 5 rings (SSSR count). The van der Waals surface area contributed by atoms with E-state index in [9.17, 15) is 5.11 Å². The number of hydrogen-bond acceptors (Lipinski definition) is 2. The lowest BCUT2D eigenvalue weighted by Gasteiger charge is -2.60. The van der Waals surface area contributed by atoms with Crippen molar-refractivity contribution in [2.45, 2.75) is 117 Å². The molecular formula is C27H46O2. The zero-order chi connectivity index (χ0) is 20.6. The van der Waals surface area contributed by atoms with Crippen LogP contribution in [0.4, 0.5) is 0 Å². The Morgan fingerprint density at radius 2 is 1.76 bits per heavy atom. The molecule has 29 heavy (non-hydrogen) atoms. The lowest BCUT2D eigenvalue weighted by atomic mass is 9.44. The molecule has 2 unspecified atom stereocenters. The molecule has 0 aromatic carbocycles. The highest BCUT2D eigenvalue weighted by atomic mass is 16.6. The predicted octanol–water partition coefficient (Wildman–Crippen LogP) is 6.46. The Morgan fingerprint density at radius 3 is 2.52 bits per heavy atom. The van der Waals surface area contributed by atoms with Crippen LogP contribution in [0.25, 0.3) is 0 Å². The van der Waals surface area contributed by atoms with Crippen molar-refractivity contribution in [2.75, 3.05) is 0 Å². The van der Waals surface area contributed by atoms with E-state index >= 15 is 0 Å². The fourth-order valence-corrected chi connectivity index (χ4v) is 9.65. The van der Waals surface area contributed by atoms with Crippen LogP contribution >= 0.6 is 0 Å². The van der Waals surface area contributed by atoms with E-state index in [1.54, 1.807) is 0 Å². The molecule has 5 aliphatic rings. The van der Waals surface area contributed by atoms with Crippen LogP contribution < -0.4 is 0 Å². The Hall–Kier alpha value is -0.0800. The number of epoxide rings is 1. The van der Waals surface area contributed by atoms with Crippen LogP contribution in [-0.4, -0.2) is 23.4 Å². The fourth-order valence-electron chi connectivity index (χ4n) is 9.65. The number of hydrogen-bond donors (Lipinski definition) is 1. The molecule has 0 bridgehead atoms. The number of ether oxygens (including phenoxy) is 1. The SMILES string of the molecule is CC(C)CCC[C@@H](C)[C@H]1CC[C@H]2[C@@H]3CCC4CC(O)[C@@H]5O[C@@H]5[C@]4(C)[C@H]3CC[C@]12C. The lowest BCUT2D eigenvalue weighted by molar-refractivity contribution is -0.122. The fraction of sp³-hybridized carbons (Fsp3) is 1.00. The van der Waals surface area contributed by atoms with E-state index in [4.69, 9.17) is 4.74 Å². The summed E-state index contributed by atoms with van der Waals surface area (Å²) in [6.07, 6.45) is 14.2. The van der Waals surface area contributed by atoms with Crippen molar-refractivity contribution in [3.8, 4) is 0 Å². The van der Waals surface area contributed by atoms with Crippen LogP contribution in [0.1, 0.15) is 98.8 Å². The van der Waals surface area contributed by atoms with Gasteiger partial charge in [-0.25, -0.2) is 0 Å². The Bertz CT molecular complexity index is 616. The molecule has 2 heteroatoms. The quantitative estimate of drug-likeness (QED) is 0.536. The molecule has 5 fully saturated rings. The van der Waals surface area contributed by atoms with E-state index in [1.807, 2.05) is 0 Å². The van der Waals surface area contributed by atoms with Gasteiger partial charge < -0.3 is 9.84 Å². The summed E-state index contributed by atoms with van der Waals surface area (Å²) in [5.74, 6) is 6.10. The van der Waals surface area contributed by atoms with Crippen LogP contribution in [0, 0.1) is 52.3 Å². The zero-order valence-corrected chi connectivity index (χ0v) is 19.7. The Balaban J connectivity index is 1.31. The molecular weight excluding hydrogens is 356 g/mol. The van der Waals surface area contributed by atoms with Crippen molar-refractivity contribution in [1.29, 1.82) is 0 Å². The minimum atomic E-state index is -0.189. The highest BCUT2D eigenvalue weighted by Gasteiger charge is 2.69. The Labute approximate surface area is 179 Å². The van der Waals surface area contributed by atoms with E-state index in [0.29, 0.717) is 22.9 Å². The zero-order valence-electron chi connectivity index (χ0n) is 19.7. The molecule has 1 heterocycles. The second kappa shape index (κ2) is 7.22. The van der Waals surface area contributed by atoms with Crippen LogP contribution in [0.2, 0.25) is 0 Å². The van der Waals surface area contributed by atoms with Crippen LogP contribution in [0.5, 0.6) is 0 Å². The smallest absolute Gasteiger partial charge is 0.111 e. The monoisotopic (exact) mass is 402 g/mol. The van der Waals surface area contributed by atoms with Gasteiger partial charge in [-0.15, -0.1) is 0 Å². The van der Waals surface area contributed by atoms with Gasteiger partial charge in [-0.3, -0.25) is 0 Å². The second-order valence-corrected chi connectivity index (χ2v) is 12.9. The maximum atomic E-state index is 10.4. The number of rotatable bonds is 5. The summed E-state index contributed by atoms with van der Waals surface area (Å²) in [5.41, 5.74) is 0.925. The van der Waals surface area contributed by atoms with Gasteiger partial charge in [0, 0.05) is 5.41 Å². The predicted molar refractivity (Wildman–Crippen MR) is 119 cm³/mol. The molecule has 1 aliphatic heterocycles. The highest BCUT2D eigenvalue weighted by molar-refractivity contribution is 5.17. The van der Waals surface area contributed by atoms with Gasteiger partial charge >= 0.3 is 0 Å². The molecule has 0 spiro atoms. The Kier molecular flexibility index (Phi) is 5.18. The first-order chi connectivity index (χ1) is 13.8. The summed E-state index contributed by atoms with van der Waals surface area (Å²) >= 11 is 0.